The first-order valence-corrected chi connectivity index (χ1v) is 4.67. The normalized spacial score (nSPS) is 25.2. The van der Waals surface area contributed by atoms with Gasteiger partial charge in [-0.05, 0) is 32.2 Å². The minimum absolute atomic E-state index is 0.223. The molecule has 76 valence electrons. The lowest BCUT2D eigenvalue weighted by molar-refractivity contribution is 0.335. The molecule has 1 unspecified atom stereocenters. The summed E-state index contributed by atoms with van der Waals surface area (Å²) in [4.78, 5) is 0. The van der Waals surface area contributed by atoms with Crippen LogP contribution in [-0.4, -0.2) is 14.1 Å². The fraction of sp³-hybridized carbons (Fsp3) is 0.400. The van der Waals surface area contributed by atoms with Crippen LogP contribution in [0.4, 0.5) is 11.4 Å². The maximum atomic E-state index is 5.78. The van der Waals surface area contributed by atoms with E-state index < -0.39 is 0 Å². The number of hydrogen-bond acceptors (Lipinski definition) is 4. The Balaban J connectivity index is 2.56. The lowest BCUT2D eigenvalue weighted by atomic mass is 10.0. The van der Waals surface area contributed by atoms with Gasteiger partial charge >= 0.3 is 0 Å². The first kappa shape index (κ1) is 9.30. The highest BCUT2D eigenvalue weighted by molar-refractivity contribution is 5.64. The molecular weight excluding hydrogens is 176 g/mol. The molecule has 0 aromatic heterocycles. The summed E-state index contributed by atoms with van der Waals surface area (Å²) in [6.45, 7) is 2.09. The molecule has 1 aliphatic heterocycles. The Kier molecular flexibility index (Phi) is 1.90. The van der Waals surface area contributed by atoms with E-state index in [9.17, 15) is 0 Å². The molecule has 0 fully saturated rings. The Morgan fingerprint density at radius 2 is 2.21 bits per heavy atom. The molecule has 1 aromatic rings. The third kappa shape index (κ3) is 1.15. The highest BCUT2D eigenvalue weighted by atomic mass is 15.6. The van der Waals surface area contributed by atoms with E-state index in [0.717, 1.165) is 11.4 Å². The number of nitrogens with one attached hydrogen (secondary N) is 2. The standard InChI is InChI=1S/C10H16N4/c1-10(12-2)8-6-7(11)4-5-9(8)14(3)13-10/h4-6,12-13H,11H2,1-3H3. The third-order valence-corrected chi connectivity index (χ3v) is 2.81. The molecular formula is C10H16N4. The quantitative estimate of drug-likeness (QED) is 0.571. The summed E-state index contributed by atoms with van der Waals surface area (Å²) in [7, 11) is 3.93. The molecule has 14 heavy (non-hydrogen) atoms. The van der Waals surface area contributed by atoms with Crippen molar-refractivity contribution >= 4 is 11.4 Å². The maximum Gasteiger partial charge on any atom is 0.111 e. The Hall–Kier alpha value is -1.26. The van der Waals surface area contributed by atoms with Crippen LogP contribution in [0.1, 0.15) is 12.5 Å². The highest BCUT2D eigenvalue weighted by Gasteiger charge is 2.35. The second kappa shape index (κ2) is 2.87. The number of hydrogen-bond donors (Lipinski definition) is 3. The molecule has 2 rings (SSSR count). The molecule has 0 saturated heterocycles. The number of benzene rings is 1. The Bertz CT molecular complexity index is 363. The number of anilines is 2. The van der Waals surface area contributed by atoms with Crippen LogP contribution in [0.15, 0.2) is 18.2 Å². The van der Waals surface area contributed by atoms with Crippen LogP contribution >= 0.6 is 0 Å². The number of nitrogens with two attached hydrogens (primary N) is 1. The minimum atomic E-state index is -0.223. The van der Waals surface area contributed by atoms with E-state index in [0.29, 0.717) is 0 Å². The van der Waals surface area contributed by atoms with Crippen LogP contribution in [0.3, 0.4) is 0 Å². The van der Waals surface area contributed by atoms with E-state index in [1.54, 1.807) is 0 Å². The molecule has 0 amide bonds. The molecule has 0 spiro atoms. The van der Waals surface area contributed by atoms with Gasteiger partial charge < -0.3 is 10.7 Å². The Morgan fingerprint density at radius 1 is 1.50 bits per heavy atom. The average Bonchev–Trinajstić information content (AvgIpc) is 2.40. The summed E-state index contributed by atoms with van der Waals surface area (Å²) in [5.74, 6) is 0. The Labute approximate surface area is 84.1 Å². The van der Waals surface area contributed by atoms with Crippen molar-refractivity contribution in [3.05, 3.63) is 23.8 Å². The van der Waals surface area contributed by atoms with E-state index >= 15 is 0 Å². The predicted molar refractivity (Wildman–Crippen MR) is 58.8 cm³/mol. The van der Waals surface area contributed by atoms with Crippen molar-refractivity contribution in [2.75, 3.05) is 24.8 Å². The second-order valence-corrected chi connectivity index (χ2v) is 3.82. The topological polar surface area (TPSA) is 53.3 Å². The lowest BCUT2D eigenvalue weighted by Crippen LogP contribution is -2.50. The molecule has 0 bridgehead atoms. The molecule has 1 aliphatic rings. The number of nitrogens with zero attached hydrogens (tertiary/aromatic N) is 1. The summed E-state index contributed by atoms with van der Waals surface area (Å²) in [5.41, 5.74) is 12.0. The fourth-order valence-corrected chi connectivity index (χ4v) is 1.89. The van der Waals surface area contributed by atoms with Crippen LogP contribution in [-0.2, 0) is 5.66 Å². The van der Waals surface area contributed by atoms with E-state index in [1.807, 2.05) is 37.3 Å². The minimum Gasteiger partial charge on any atom is -0.399 e. The molecule has 1 heterocycles. The van der Waals surface area contributed by atoms with Gasteiger partial charge in [-0.15, -0.1) is 0 Å². The second-order valence-electron chi connectivity index (χ2n) is 3.82. The van der Waals surface area contributed by atoms with Crippen molar-refractivity contribution in [1.82, 2.24) is 10.7 Å². The van der Waals surface area contributed by atoms with Gasteiger partial charge in [0.15, 0.2) is 0 Å². The van der Waals surface area contributed by atoms with Gasteiger partial charge in [-0.2, -0.15) is 0 Å². The smallest absolute Gasteiger partial charge is 0.111 e. The molecule has 0 aliphatic carbocycles. The molecule has 1 atom stereocenters. The lowest BCUT2D eigenvalue weighted by Gasteiger charge is -2.25. The van der Waals surface area contributed by atoms with Crippen molar-refractivity contribution in [3.63, 3.8) is 0 Å². The van der Waals surface area contributed by atoms with Crippen molar-refractivity contribution in [1.29, 1.82) is 0 Å². The van der Waals surface area contributed by atoms with Crippen LogP contribution < -0.4 is 21.5 Å². The average molecular weight is 192 g/mol. The summed E-state index contributed by atoms with van der Waals surface area (Å²) in [5, 5.41) is 5.25. The molecule has 4 nitrogen and oxygen atoms in total. The number of fused-ring (bicyclic) bond motifs is 1. The molecule has 4 N–H and O–H groups in total. The van der Waals surface area contributed by atoms with Gasteiger partial charge in [-0.1, -0.05) is 0 Å². The van der Waals surface area contributed by atoms with Gasteiger partial charge in [0.1, 0.15) is 5.66 Å². The first-order chi connectivity index (χ1) is 6.57. The van der Waals surface area contributed by atoms with Gasteiger partial charge in [-0.25, -0.2) is 5.43 Å². The van der Waals surface area contributed by atoms with Gasteiger partial charge in [0, 0.05) is 18.3 Å². The van der Waals surface area contributed by atoms with E-state index in [-0.39, 0.29) is 5.66 Å². The zero-order chi connectivity index (χ0) is 10.3. The SMILES string of the molecule is CNC1(C)NN(C)c2ccc(N)cc21. The van der Waals surface area contributed by atoms with E-state index in [1.165, 1.54) is 5.56 Å². The monoisotopic (exact) mass is 192 g/mol. The predicted octanol–water partition coefficient (Wildman–Crippen LogP) is 0.615. The van der Waals surface area contributed by atoms with Crippen LogP contribution in [0.2, 0.25) is 0 Å². The van der Waals surface area contributed by atoms with Crippen molar-refractivity contribution in [2.24, 2.45) is 0 Å². The summed E-state index contributed by atoms with van der Waals surface area (Å²) in [6.07, 6.45) is 0. The molecule has 1 aromatic carbocycles. The maximum absolute atomic E-state index is 5.78. The van der Waals surface area contributed by atoms with E-state index in [4.69, 9.17) is 5.73 Å². The molecule has 0 radical (unpaired) electrons. The highest BCUT2D eigenvalue weighted by Crippen LogP contribution is 2.35. The van der Waals surface area contributed by atoms with Crippen LogP contribution in [0, 0.1) is 0 Å². The summed E-state index contributed by atoms with van der Waals surface area (Å²) in [6, 6.07) is 5.95. The zero-order valence-electron chi connectivity index (χ0n) is 8.76. The van der Waals surface area contributed by atoms with Gasteiger partial charge in [0.2, 0.25) is 0 Å². The number of nitrogen functional groups attached to an aromatic ring is 1. The Morgan fingerprint density at radius 3 is 2.86 bits per heavy atom. The molecule has 0 saturated carbocycles. The van der Waals surface area contributed by atoms with Crippen LogP contribution in [0.25, 0.3) is 0 Å². The summed E-state index contributed by atoms with van der Waals surface area (Å²) < 4.78 is 0. The van der Waals surface area contributed by atoms with Crippen molar-refractivity contribution in [3.8, 4) is 0 Å². The number of hydrazine groups is 1. The first-order valence-electron chi connectivity index (χ1n) is 4.67. The van der Waals surface area contributed by atoms with Crippen LogP contribution in [0.5, 0.6) is 0 Å². The van der Waals surface area contributed by atoms with Gasteiger partial charge in [0.05, 0.1) is 5.69 Å². The molecule has 4 heteroatoms. The van der Waals surface area contributed by atoms with Gasteiger partial charge in [-0.3, -0.25) is 5.32 Å². The van der Waals surface area contributed by atoms with Crippen molar-refractivity contribution < 1.29 is 0 Å². The zero-order valence-corrected chi connectivity index (χ0v) is 8.76. The van der Waals surface area contributed by atoms with Gasteiger partial charge in [0.25, 0.3) is 0 Å². The number of rotatable bonds is 1. The van der Waals surface area contributed by atoms with Crippen molar-refractivity contribution in [2.45, 2.75) is 12.6 Å². The summed E-state index contributed by atoms with van der Waals surface area (Å²) >= 11 is 0. The third-order valence-electron chi connectivity index (χ3n) is 2.81. The van der Waals surface area contributed by atoms with E-state index in [2.05, 4.69) is 17.7 Å². The fourth-order valence-electron chi connectivity index (χ4n) is 1.89. The largest absolute Gasteiger partial charge is 0.399 e.